The topological polar surface area (TPSA) is 9.23 Å². The van der Waals surface area contributed by atoms with Gasteiger partial charge in [-0.25, -0.2) is 8.78 Å². The van der Waals surface area contributed by atoms with Gasteiger partial charge < -0.3 is 4.74 Å². The molecule has 0 heterocycles. The van der Waals surface area contributed by atoms with Gasteiger partial charge in [-0.05, 0) is 97.1 Å². The van der Waals surface area contributed by atoms with Gasteiger partial charge in [0, 0.05) is 0 Å². The van der Waals surface area contributed by atoms with Gasteiger partial charge in [-0.2, -0.15) is 0 Å². The lowest BCUT2D eigenvalue weighted by atomic mass is 9.76. The van der Waals surface area contributed by atoms with E-state index < -0.39 is 17.9 Å². The molecule has 1 unspecified atom stereocenters. The number of benzene rings is 2. The van der Waals surface area contributed by atoms with Crippen molar-refractivity contribution in [3.63, 3.8) is 0 Å². The van der Waals surface area contributed by atoms with Gasteiger partial charge >= 0.3 is 6.36 Å². The standard InChI is InChI=1S/C27H31F5O/c1-2-3-4-17-5-7-18(8-6-17)19-9-12-22(24(28)16-19)20-10-13-23-21(15-20)11-14-25(26(23)29)33-27(30,31)32/h9,11-12,14,16-18,20H,2-8,10,13,15H2,1H3. The first kappa shape index (κ1) is 24.0. The molecular weight excluding hydrogens is 435 g/mol. The predicted molar refractivity (Wildman–Crippen MR) is 118 cm³/mol. The highest BCUT2D eigenvalue weighted by Crippen LogP contribution is 2.41. The van der Waals surface area contributed by atoms with Crippen LogP contribution in [0.1, 0.15) is 92.4 Å². The zero-order valence-corrected chi connectivity index (χ0v) is 19.0. The van der Waals surface area contributed by atoms with Gasteiger partial charge in [0.05, 0.1) is 0 Å². The summed E-state index contributed by atoms with van der Waals surface area (Å²) in [6, 6.07) is 8.05. The second-order valence-corrected chi connectivity index (χ2v) is 9.64. The fourth-order valence-corrected chi connectivity index (χ4v) is 5.66. The van der Waals surface area contributed by atoms with Gasteiger partial charge in [-0.3, -0.25) is 0 Å². The largest absolute Gasteiger partial charge is 0.573 e. The normalized spacial score (nSPS) is 23.3. The summed E-state index contributed by atoms with van der Waals surface area (Å²) >= 11 is 0. The number of hydrogen-bond acceptors (Lipinski definition) is 1. The van der Waals surface area contributed by atoms with Gasteiger partial charge in [0.1, 0.15) is 5.82 Å². The maximum Gasteiger partial charge on any atom is 0.573 e. The van der Waals surface area contributed by atoms with Crippen LogP contribution in [0.2, 0.25) is 0 Å². The van der Waals surface area contributed by atoms with E-state index in [4.69, 9.17) is 0 Å². The second-order valence-electron chi connectivity index (χ2n) is 9.64. The van der Waals surface area contributed by atoms with Crippen molar-refractivity contribution in [3.8, 4) is 5.75 Å². The minimum absolute atomic E-state index is 0.120. The highest BCUT2D eigenvalue weighted by atomic mass is 19.4. The first-order chi connectivity index (χ1) is 15.7. The van der Waals surface area contributed by atoms with Gasteiger partial charge in [-0.1, -0.05) is 44.4 Å². The van der Waals surface area contributed by atoms with Crippen molar-refractivity contribution in [2.45, 2.75) is 89.3 Å². The molecule has 33 heavy (non-hydrogen) atoms. The van der Waals surface area contributed by atoms with Crippen LogP contribution in [0.4, 0.5) is 22.0 Å². The molecule has 1 nitrogen and oxygen atoms in total. The van der Waals surface area contributed by atoms with E-state index in [1.165, 1.54) is 38.2 Å². The zero-order valence-electron chi connectivity index (χ0n) is 19.0. The van der Waals surface area contributed by atoms with Crippen LogP contribution in [-0.4, -0.2) is 6.36 Å². The summed E-state index contributed by atoms with van der Waals surface area (Å²) in [4.78, 5) is 0. The molecule has 0 N–H and O–H groups in total. The Morgan fingerprint density at radius 1 is 0.939 bits per heavy atom. The van der Waals surface area contributed by atoms with Crippen molar-refractivity contribution in [3.05, 3.63) is 64.2 Å². The van der Waals surface area contributed by atoms with Crippen LogP contribution in [-0.2, 0) is 12.8 Å². The summed E-state index contributed by atoms with van der Waals surface area (Å²) in [7, 11) is 0. The molecule has 2 aliphatic rings. The Labute approximate surface area is 192 Å². The van der Waals surface area contributed by atoms with E-state index in [-0.39, 0.29) is 23.7 Å². The number of halogens is 5. The van der Waals surface area contributed by atoms with Gasteiger partial charge in [0.2, 0.25) is 0 Å². The highest BCUT2D eigenvalue weighted by molar-refractivity contribution is 5.42. The number of unbranched alkanes of at least 4 members (excludes halogenated alkanes) is 1. The minimum Gasteiger partial charge on any atom is -0.403 e. The Bertz CT molecular complexity index is 960. The Morgan fingerprint density at radius 2 is 1.70 bits per heavy atom. The number of alkyl halides is 3. The van der Waals surface area contributed by atoms with Crippen LogP contribution in [0, 0.1) is 17.6 Å². The third-order valence-corrected chi connectivity index (χ3v) is 7.49. The Hall–Kier alpha value is -2.11. The molecule has 0 radical (unpaired) electrons. The van der Waals surface area contributed by atoms with Crippen LogP contribution >= 0.6 is 0 Å². The van der Waals surface area contributed by atoms with E-state index in [0.717, 1.165) is 30.4 Å². The van der Waals surface area contributed by atoms with Crippen LogP contribution in [0.3, 0.4) is 0 Å². The molecule has 180 valence electrons. The number of hydrogen-bond donors (Lipinski definition) is 0. The lowest BCUT2D eigenvalue weighted by molar-refractivity contribution is -0.275. The maximum absolute atomic E-state index is 15.1. The molecule has 2 aliphatic carbocycles. The molecular formula is C27H31F5O. The molecule has 2 aromatic rings. The van der Waals surface area contributed by atoms with Gasteiger partial charge in [-0.15, -0.1) is 13.2 Å². The summed E-state index contributed by atoms with van der Waals surface area (Å²) < 4.78 is 70.9. The average Bonchev–Trinajstić information content (AvgIpc) is 2.79. The van der Waals surface area contributed by atoms with Crippen molar-refractivity contribution in [1.29, 1.82) is 0 Å². The fourth-order valence-electron chi connectivity index (χ4n) is 5.66. The summed E-state index contributed by atoms with van der Waals surface area (Å²) in [6.07, 6.45) is 4.63. The lowest BCUT2D eigenvalue weighted by Gasteiger charge is -2.30. The molecule has 0 spiro atoms. The smallest absolute Gasteiger partial charge is 0.403 e. The highest BCUT2D eigenvalue weighted by Gasteiger charge is 2.34. The number of rotatable bonds is 6. The van der Waals surface area contributed by atoms with Crippen LogP contribution in [0.15, 0.2) is 30.3 Å². The van der Waals surface area contributed by atoms with Crippen LogP contribution in [0.25, 0.3) is 0 Å². The number of fused-ring (bicyclic) bond motifs is 1. The van der Waals surface area contributed by atoms with Gasteiger partial charge in [0.15, 0.2) is 11.6 Å². The van der Waals surface area contributed by atoms with Crippen molar-refractivity contribution in [2.75, 3.05) is 0 Å². The van der Waals surface area contributed by atoms with Gasteiger partial charge in [0.25, 0.3) is 0 Å². The molecule has 6 heteroatoms. The van der Waals surface area contributed by atoms with E-state index in [0.29, 0.717) is 29.9 Å². The Kier molecular flexibility index (Phi) is 7.30. The summed E-state index contributed by atoms with van der Waals surface area (Å²) in [5, 5.41) is 0. The van der Waals surface area contributed by atoms with Crippen LogP contribution in [0.5, 0.6) is 5.75 Å². The third-order valence-electron chi connectivity index (χ3n) is 7.49. The van der Waals surface area contributed by atoms with Crippen molar-refractivity contribution in [1.82, 2.24) is 0 Å². The molecule has 1 atom stereocenters. The van der Waals surface area contributed by atoms with Crippen molar-refractivity contribution < 1.29 is 26.7 Å². The molecule has 2 aromatic carbocycles. The Morgan fingerprint density at radius 3 is 2.36 bits per heavy atom. The molecule has 0 bridgehead atoms. The first-order valence-electron chi connectivity index (χ1n) is 12.1. The second kappa shape index (κ2) is 10.0. The summed E-state index contributed by atoms with van der Waals surface area (Å²) in [5.74, 6) is -0.917. The number of ether oxygens (including phenoxy) is 1. The van der Waals surface area contributed by atoms with E-state index in [9.17, 15) is 17.6 Å². The third kappa shape index (κ3) is 5.70. The average molecular weight is 467 g/mol. The lowest BCUT2D eigenvalue weighted by Crippen LogP contribution is -2.20. The molecule has 0 saturated heterocycles. The van der Waals surface area contributed by atoms with Crippen molar-refractivity contribution >= 4 is 0 Å². The summed E-state index contributed by atoms with van der Waals surface area (Å²) in [6.45, 7) is 2.22. The molecule has 1 fully saturated rings. The quantitative estimate of drug-likeness (QED) is 0.387. The zero-order chi connectivity index (χ0) is 23.6. The molecule has 0 amide bonds. The van der Waals surface area contributed by atoms with Crippen LogP contribution < -0.4 is 4.74 Å². The monoisotopic (exact) mass is 466 g/mol. The van der Waals surface area contributed by atoms with E-state index in [1.54, 1.807) is 6.07 Å². The molecule has 4 rings (SSSR count). The van der Waals surface area contributed by atoms with E-state index in [1.807, 2.05) is 12.1 Å². The predicted octanol–water partition coefficient (Wildman–Crippen LogP) is 8.60. The van der Waals surface area contributed by atoms with Crippen molar-refractivity contribution in [2.24, 2.45) is 5.92 Å². The SMILES string of the molecule is CCCCC1CCC(c2ccc(C3CCc4c(ccc(OC(F)(F)F)c4F)C3)c(F)c2)CC1. The molecule has 0 aromatic heterocycles. The molecule has 0 aliphatic heterocycles. The summed E-state index contributed by atoms with van der Waals surface area (Å²) in [5.41, 5.74) is 2.52. The van der Waals surface area contributed by atoms with E-state index >= 15 is 4.39 Å². The Balaban J connectivity index is 1.43. The molecule has 1 saturated carbocycles. The first-order valence-corrected chi connectivity index (χ1v) is 12.1. The maximum atomic E-state index is 15.1. The van der Waals surface area contributed by atoms with E-state index in [2.05, 4.69) is 11.7 Å². The fraction of sp³-hybridized carbons (Fsp3) is 0.556. The minimum atomic E-state index is -4.94.